The molecule has 0 aliphatic rings. The van der Waals surface area contributed by atoms with Crippen LogP contribution in [0, 0.1) is 5.82 Å². The van der Waals surface area contributed by atoms with Crippen LogP contribution in [0.15, 0.2) is 66.2 Å². The van der Waals surface area contributed by atoms with Gasteiger partial charge in [-0.3, -0.25) is 9.67 Å². The SMILES string of the molecule is CCNC(=NCc1ccc(Oc2cccnc2)c(F)c1)NCCCn1cccn1.I. The van der Waals surface area contributed by atoms with Crippen molar-refractivity contribution in [1.29, 1.82) is 0 Å². The topological polar surface area (TPSA) is 76.4 Å². The number of aromatic nitrogens is 3. The predicted molar refractivity (Wildman–Crippen MR) is 126 cm³/mol. The maximum Gasteiger partial charge on any atom is 0.191 e. The Bertz CT molecular complexity index is 905. The lowest BCUT2D eigenvalue weighted by Gasteiger charge is -2.12. The first-order valence-electron chi connectivity index (χ1n) is 9.60. The summed E-state index contributed by atoms with van der Waals surface area (Å²) in [5.74, 6) is 0.920. The Balaban J connectivity index is 0.00000320. The molecule has 0 spiro atoms. The minimum atomic E-state index is -0.432. The summed E-state index contributed by atoms with van der Waals surface area (Å²) in [6.45, 7) is 4.71. The first-order chi connectivity index (χ1) is 14.2. The molecule has 0 fully saturated rings. The Morgan fingerprint density at radius 3 is 2.80 bits per heavy atom. The largest absolute Gasteiger partial charge is 0.453 e. The second-order valence-electron chi connectivity index (χ2n) is 6.30. The van der Waals surface area contributed by atoms with Crippen molar-refractivity contribution in [1.82, 2.24) is 25.4 Å². The molecule has 9 heteroatoms. The third kappa shape index (κ3) is 7.62. The van der Waals surface area contributed by atoms with Crippen LogP contribution < -0.4 is 15.4 Å². The van der Waals surface area contributed by atoms with Gasteiger partial charge in [-0.15, -0.1) is 24.0 Å². The minimum Gasteiger partial charge on any atom is -0.453 e. The molecular weight excluding hydrogens is 498 g/mol. The summed E-state index contributed by atoms with van der Waals surface area (Å²) in [4.78, 5) is 8.48. The van der Waals surface area contributed by atoms with Gasteiger partial charge in [0.1, 0.15) is 5.75 Å². The van der Waals surface area contributed by atoms with Gasteiger partial charge >= 0.3 is 0 Å². The summed E-state index contributed by atoms with van der Waals surface area (Å²) in [5, 5.41) is 10.7. The molecule has 0 atom stereocenters. The van der Waals surface area contributed by atoms with E-state index in [0.717, 1.165) is 31.6 Å². The maximum absolute atomic E-state index is 14.4. The highest BCUT2D eigenvalue weighted by molar-refractivity contribution is 14.0. The van der Waals surface area contributed by atoms with Crippen LogP contribution in [0.25, 0.3) is 0 Å². The van der Waals surface area contributed by atoms with Gasteiger partial charge in [-0.25, -0.2) is 9.38 Å². The highest BCUT2D eigenvalue weighted by atomic mass is 127. The molecule has 30 heavy (non-hydrogen) atoms. The number of nitrogens with one attached hydrogen (secondary N) is 2. The van der Waals surface area contributed by atoms with Crippen LogP contribution in [0.3, 0.4) is 0 Å². The maximum atomic E-state index is 14.4. The van der Waals surface area contributed by atoms with Crippen molar-refractivity contribution in [3.8, 4) is 11.5 Å². The minimum absolute atomic E-state index is 0. The number of nitrogens with zero attached hydrogens (tertiary/aromatic N) is 4. The molecule has 3 aromatic rings. The molecule has 0 unspecified atom stereocenters. The molecule has 0 aliphatic carbocycles. The van der Waals surface area contributed by atoms with E-state index in [1.807, 2.05) is 23.9 Å². The van der Waals surface area contributed by atoms with E-state index in [1.165, 1.54) is 6.07 Å². The molecule has 3 rings (SSSR count). The van der Waals surface area contributed by atoms with Crippen molar-refractivity contribution < 1.29 is 9.13 Å². The second kappa shape index (κ2) is 12.8. The molecular formula is C21H26FIN6O. The third-order valence-electron chi connectivity index (χ3n) is 4.04. The zero-order valence-corrected chi connectivity index (χ0v) is 19.1. The van der Waals surface area contributed by atoms with E-state index in [0.29, 0.717) is 18.3 Å². The molecule has 160 valence electrons. The molecule has 2 aromatic heterocycles. The third-order valence-corrected chi connectivity index (χ3v) is 4.04. The normalized spacial score (nSPS) is 10.9. The van der Waals surface area contributed by atoms with Crippen LogP contribution in [-0.2, 0) is 13.1 Å². The van der Waals surface area contributed by atoms with Gasteiger partial charge in [-0.1, -0.05) is 6.07 Å². The molecule has 1 aromatic carbocycles. The van der Waals surface area contributed by atoms with Gasteiger partial charge < -0.3 is 15.4 Å². The smallest absolute Gasteiger partial charge is 0.191 e. The van der Waals surface area contributed by atoms with E-state index in [-0.39, 0.29) is 29.7 Å². The molecule has 0 radical (unpaired) electrons. The number of rotatable bonds is 9. The molecule has 2 N–H and O–H groups in total. The number of ether oxygens (including phenoxy) is 1. The molecule has 0 saturated heterocycles. The van der Waals surface area contributed by atoms with Crippen molar-refractivity contribution in [3.63, 3.8) is 0 Å². The van der Waals surface area contributed by atoms with Gasteiger partial charge in [0.05, 0.1) is 12.7 Å². The lowest BCUT2D eigenvalue weighted by atomic mass is 10.2. The number of benzene rings is 1. The number of hydrogen-bond acceptors (Lipinski definition) is 4. The molecule has 0 aliphatic heterocycles. The van der Waals surface area contributed by atoms with Crippen molar-refractivity contribution in [3.05, 3.63) is 72.6 Å². The van der Waals surface area contributed by atoms with Crippen LogP contribution in [-0.4, -0.2) is 33.8 Å². The van der Waals surface area contributed by atoms with Crippen LogP contribution in [0.5, 0.6) is 11.5 Å². The van der Waals surface area contributed by atoms with Gasteiger partial charge in [0, 0.05) is 38.2 Å². The molecule has 0 saturated carbocycles. The van der Waals surface area contributed by atoms with Crippen molar-refractivity contribution in [2.75, 3.05) is 13.1 Å². The lowest BCUT2D eigenvalue weighted by Crippen LogP contribution is -2.38. The summed E-state index contributed by atoms with van der Waals surface area (Å²) < 4.78 is 21.8. The standard InChI is InChI=1S/C21H25FN6O.HI/c1-2-24-21(25-10-4-12-28-13-5-11-27-28)26-15-17-7-8-20(19(22)14-17)29-18-6-3-9-23-16-18;/h3,5-9,11,13-14,16H,2,4,10,12,15H2,1H3,(H2,24,25,26);1H. The highest BCUT2D eigenvalue weighted by Gasteiger charge is 2.07. The van der Waals surface area contributed by atoms with Gasteiger partial charge in [0.2, 0.25) is 0 Å². The Morgan fingerprint density at radius 2 is 2.10 bits per heavy atom. The number of hydrogen-bond donors (Lipinski definition) is 2. The van der Waals surface area contributed by atoms with Crippen LogP contribution in [0.1, 0.15) is 18.9 Å². The summed E-state index contributed by atoms with van der Waals surface area (Å²) >= 11 is 0. The number of halogens is 2. The first kappa shape index (κ1) is 23.6. The average Bonchev–Trinajstić information content (AvgIpc) is 3.25. The fourth-order valence-electron chi connectivity index (χ4n) is 2.65. The number of aryl methyl sites for hydroxylation is 1. The summed E-state index contributed by atoms with van der Waals surface area (Å²) in [6.07, 6.45) is 7.80. The summed E-state index contributed by atoms with van der Waals surface area (Å²) in [7, 11) is 0. The second-order valence-corrected chi connectivity index (χ2v) is 6.30. The van der Waals surface area contributed by atoms with Crippen LogP contribution in [0.4, 0.5) is 4.39 Å². The highest BCUT2D eigenvalue weighted by Crippen LogP contribution is 2.24. The van der Waals surface area contributed by atoms with E-state index in [4.69, 9.17) is 4.74 Å². The lowest BCUT2D eigenvalue weighted by molar-refractivity contribution is 0.440. The summed E-state index contributed by atoms with van der Waals surface area (Å²) in [5.41, 5.74) is 0.759. The zero-order valence-electron chi connectivity index (χ0n) is 16.8. The molecule has 0 bridgehead atoms. The number of pyridine rings is 1. The fraction of sp³-hybridized carbons (Fsp3) is 0.286. The summed E-state index contributed by atoms with van der Waals surface area (Å²) in [6, 6.07) is 10.2. The Kier molecular flexibility index (Phi) is 10.1. The van der Waals surface area contributed by atoms with Crippen molar-refractivity contribution in [2.45, 2.75) is 26.4 Å². The van der Waals surface area contributed by atoms with Gasteiger partial charge in [0.25, 0.3) is 0 Å². The van der Waals surface area contributed by atoms with E-state index >= 15 is 0 Å². The van der Waals surface area contributed by atoms with E-state index in [1.54, 1.807) is 42.9 Å². The van der Waals surface area contributed by atoms with E-state index in [2.05, 4.69) is 25.7 Å². The Labute approximate surface area is 192 Å². The Morgan fingerprint density at radius 1 is 1.20 bits per heavy atom. The average molecular weight is 524 g/mol. The van der Waals surface area contributed by atoms with Crippen LogP contribution in [0.2, 0.25) is 0 Å². The first-order valence-corrected chi connectivity index (χ1v) is 9.60. The van der Waals surface area contributed by atoms with Gasteiger partial charge in [-0.05, 0) is 49.2 Å². The monoisotopic (exact) mass is 524 g/mol. The molecule has 0 amide bonds. The Hall–Kier alpha value is -2.69. The molecule has 2 heterocycles. The number of guanidine groups is 1. The quantitative estimate of drug-likeness (QED) is 0.192. The van der Waals surface area contributed by atoms with E-state index in [9.17, 15) is 4.39 Å². The molecule has 7 nitrogen and oxygen atoms in total. The van der Waals surface area contributed by atoms with Crippen LogP contribution >= 0.6 is 24.0 Å². The number of aliphatic imine (C=N–C) groups is 1. The van der Waals surface area contributed by atoms with Gasteiger partial charge in [0.15, 0.2) is 17.5 Å². The zero-order chi connectivity index (χ0) is 20.3. The van der Waals surface area contributed by atoms with E-state index < -0.39 is 5.82 Å². The van der Waals surface area contributed by atoms with Crippen molar-refractivity contribution >= 4 is 29.9 Å². The fourth-order valence-corrected chi connectivity index (χ4v) is 2.65. The van der Waals surface area contributed by atoms with Crippen molar-refractivity contribution in [2.24, 2.45) is 4.99 Å². The van der Waals surface area contributed by atoms with Gasteiger partial charge in [-0.2, -0.15) is 5.10 Å². The predicted octanol–water partition coefficient (Wildman–Crippen LogP) is 3.97.